The van der Waals surface area contributed by atoms with Crippen molar-refractivity contribution >= 4 is 12.2 Å². The van der Waals surface area contributed by atoms with Crippen molar-refractivity contribution in [2.45, 2.75) is 26.8 Å². The Hall–Kier alpha value is -2.21. The van der Waals surface area contributed by atoms with E-state index in [2.05, 4.69) is 46.5 Å². The van der Waals surface area contributed by atoms with Gasteiger partial charge in [0.25, 0.3) is 0 Å². The normalized spacial score (nSPS) is 11.0. The van der Waals surface area contributed by atoms with Gasteiger partial charge < -0.3 is 0 Å². The summed E-state index contributed by atoms with van der Waals surface area (Å²) in [7, 11) is 0. The highest BCUT2D eigenvalue weighted by atomic mass is 32.1. The largest absolute Gasteiger partial charge is 0.272 e. The Labute approximate surface area is 128 Å². The van der Waals surface area contributed by atoms with E-state index in [0.717, 1.165) is 30.0 Å². The molecule has 0 spiro atoms. The van der Waals surface area contributed by atoms with Crippen LogP contribution in [-0.4, -0.2) is 24.5 Å². The summed E-state index contributed by atoms with van der Waals surface area (Å²) in [5.74, 6) is 0.914. The Morgan fingerprint density at radius 3 is 2.57 bits per heavy atom. The zero-order chi connectivity index (χ0) is 14.8. The lowest BCUT2D eigenvalue weighted by Gasteiger charge is -2.07. The molecular weight excluding hydrogens is 282 g/mol. The Kier molecular flexibility index (Phi) is 3.70. The topological polar surface area (TPSA) is 51.4 Å². The van der Waals surface area contributed by atoms with Crippen LogP contribution in [0, 0.1) is 18.6 Å². The quantitative estimate of drug-likeness (QED) is 0.754. The van der Waals surface area contributed by atoms with Crippen LogP contribution in [0.15, 0.2) is 36.7 Å². The molecule has 6 heteroatoms. The third kappa shape index (κ3) is 2.95. The van der Waals surface area contributed by atoms with Crippen LogP contribution in [0.4, 0.5) is 0 Å². The first-order valence-corrected chi connectivity index (χ1v) is 7.27. The molecule has 0 radical (unpaired) electrons. The molecular formula is C15H17N5S. The van der Waals surface area contributed by atoms with Gasteiger partial charge in [-0.25, -0.2) is 0 Å². The minimum absolute atomic E-state index is 0.616. The highest BCUT2D eigenvalue weighted by molar-refractivity contribution is 7.71. The SMILES string of the molecule is Cc1ccc(-n2c(CCn3cc(C)cn3)n[nH]c2=S)cc1. The maximum absolute atomic E-state index is 5.35. The second-order valence-electron chi connectivity index (χ2n) is 5.15. The molecule has 0 fully saturated rings. The Balaban J connectivity index is 1.86. The average molecular weight is 299 g/mol. The lowest BCUT2D eigenvalue weighted by molar-refractivity contribution is 0.594. The first-order chi connectivity index (χ1) is 10.1. The van der Waals surface area contributed by atoms with Gasteiger partial charge in [0.1, 0.15) is 5.82 Å². The lowest BCUT2D eigenvalue weighted by Crippen LogP contribution is -2.07. The van der Waals surface area contributed by atoms with E-state index in [1.165, 1.54) is 5.56 Å². The van der Waals surface area contributed by atoms with Crippen LogP contribution in [0.2, 0.25) is 0 Å². The molecule has 2 aromatic heterocycles. The van der Waals surface area contributed by atoms with Gasteiger partial charge >= 0.3 is 0 Å². The predicted molar refractivity (Wildman–Crippen MR) is 84.2 cm³/mol. The molecule has 0 bridgehead atoms. The van der Waals surface area contributed by atoms with Crippen molar-refractivity contribution in [1.29, 1.82) is 0 Å². The van der Waals surface area contributed by atoms with Gasteiger partial charge in [0.15, 0.2) is 4.77 Å². The van der Waals surface area contributed by atoms with Gasteiger partial charge in [-0.1, -0.05) is 17.7 Å². The number of hydrogen-bond acceptors (Lipinski definition) is 3. The van der Waals surface area contributed by atoms with E-state index < -0.39 is 0 Å². The molecule has 2 heterocycles. The lowest BCUT2D eigenvalue weighted by atomic mass is 10.2. The molecule has 0 aliphatic heterocycles. The van der Waals surface area contributed by atoms with Crippen LogP contribution in [0.1, 0.15) is 17.0 Å². The first kappa shape index (κ1) is 13.8. The van der Waals surface area contributed by atoms with Crippen molar-refractivity contribution in [1.82, 2.24) is 24.5 Å². The molecule has 0 saturated carbocycles. The highest BCUT2D eigenvalue weighted by Gasteiger charge is 2.08. The average Bonchev–Trinajstić information content (AvgIpc) is 3.04. The minimum Gasteiger partial charge on any atom is -0.272 e. The maximum Gasteiger partial charge on any atom is 0.199 e. The van der Waals surface area contributed by atoms with E-state index in [9.17, 15) is 0 Å². The monoisotopic (exact) mass is 299 g/mol. The molecule has 5 nitrogen and oxygen atoms in total. The summed E-state index contributed by atoms with van der Waals surface area (Å²) in [6.07, 6.45) is 4.65. The zero-order valence-corrected chi connectivity index (χ0v) is 12.9. The number of rotatable bonds is 4. The number of benzene rings is 1. The molecule has 3 rings (SSSR count). The van der Waals surface area contributed by atoms with Gasteiger partial charge in [-0.3, -0.25) is 14.3 Å². The summed E-state index contributed by atoms with van der Waals surface area (Å²) in [5, 5.41) is 11.5. The van der Waals surface area contributed by atoms with Crippen molar-refractivity contribution < 1.29 is 0 Å². The second kappa shape index (κ2) is 5.65. The highest BCUT2D eigenvalue weighted by Crippen LogP contribution is 2.13. The first-order valence-electron chi connectivity index (χ1n) is 6.86. The maximum atomic E-state index is 5.35. The Morgan fingerprint density at radius 2 is 1.90 bits per heavy atom. The fourth-order valence-corrected chi connectivity index (χ4v) is 2.52. The summed E-state index contributed by atoms with van der Waals surface area (Å²) in [6.45, 7) is 4.88. The number of nitrogens with one attached hydrogen (secondary N) is 1. The van der Waals surface area contributed by atoms with Gasteiger partial charge in [0, 0.05) is 24.8 Å². The minimum atomic E-state index is 0.616. The number of aromatic amines is 1. The molecule has 1 aromatic carbocycles. The van der Waals surface area contributed by atoms with Gasteiger partial charge in [0.2, 0.25) is 0 Å². The smallest absolute Gasteiger partial charge is 0.199 e. The third-order valence-electron chi connectivity index (χ3n) is 3.36. The van der Waals surface area contributed by atoms with Gasteiger partial charge in [-0.15, -0.1) is 0 Å². The van der Waals surface area contributed by atoms with Crippen LogP contribution in [-0.2, 0) is 13.0 Å². The van der Waals surface area contributed by atoms with E-state index in [1.54, 1.807) is 0 Å². The molecule has 108 valence electrons. The predicted octanol–water partition coefficient (Wildman–Crippen LogP) is 2.99. The number of aryl methyl sites for hydroxylation is 4. The number of hydrogen-bond donors (Lipinski definition) is 1. The summed E-state index contributed by atoms with van der Waals surface area (Å²) in [5.41, 5.74) is 3.42. The van der Waals surface area contributed by atoms with Crippen LogP contribution in [0.25, 0.3) is 5.69 Å². The fraction of sp³-hybridized carbons (Fsp3) is 0.267. The van der Waals surface area contributed by atoms with Crippen LogP contribution >= 0.6 is 12.2 Å². The van der Waals surface area contributed by atoms with Crippen molar-refractivity contribution in [2.75, 3.05) is 0 Å². The number of aromatic nitrogens is 5. The summed E-state index contributed by atoms with van der Waals surface area (Å²) >= 11 is 5.35. The van der Waals surface area contributed by atoms with Crippen LogP contribution in [0.3, 0.4) is 0 Å². The molecule has 0 amide bonds. The van der Waals surface area contributed by atoms with Crippen molar-refractivity contribution in [3.05, 3.63) is 58.4 Å². The molecule has 3 aromatic rings. The standard InChI is InChI=1S/C15H17N5S/c1-11-3-5-13(6-4-11)20-14(17-18-15(20)21)7-8-19-10-12(2)9-16-19/h3-6,9-10H,7-8H2,1-2H3,(H,18,21). The summed E-state index contributed by atoms with van der Waals surface area (Å²) in [4.78, 5) is 0. The number of nitrogens with zero attached hydrogens (tertiary/aromatic N) is 4. The second-order valence-corrected chi connectivity index (χ2v) is 5.53. The van der Waals surface area contributed by atoms with Gasteiger partial charge in [0.05, 0.1) is 6.20 Å². The zero-order valence-electron chi connectivity index (χ0n) is 12.1. The molecule has 0 aliphatic rings. The number of H-pyrrole nitrogens is 1. The molecule has 0 atom stereocenters. The van der Waals surface area contributed by atoms with Gasteiger partial charge in [-0.2, -0.15) is 10.2 Å². The van der Waals surface area contributed by atoms with Gasteiger partial charge in [-0.05, 0) is 43.8 Å². The molecule has 0 unspecified atom stereocenters. The van der Waals surface area contributed by atoms with Crippen LogP contribution in [0.5, 0.6) is 0 Å². The van der Waals surface area contributed by atoms with Crippen LogP contribution < -0.4 is 0 Å². The van der Waals surface area contributed by atoms with Crippen molar-refractivity contribution in [3.63, 3.8) is 0 Å². The molecule has 21 heavy (non-hydrogen) atoms. The van der Waals surface area contributed by atoms with E-state index in [0.29, 0.717) is 4.77 Å². The Bertz CT molecular complexity index is 794. The van der Waals surface area contributed by atoms with E-state index >= 15 is 0 Å². The summed E-state index contributed by atoms with van der Waals surface area (Å²) in [6, 6.07) is 8.26. The van der Waals surface area contributed by atoms with E-state index in [-0.39, 0.29) is 0 Å². The van der Waals surface area contributed by atoms with Crippen molar-refractivity contribution in [3.8, 4) is 5.69 Å². The van der Waals surface area contributed by atoms with E-state index in [1.807, 2.05) is 28.6 Å². The molecule has 1 N–H and O–H groups in total. The molecule has 0 aliphatic carbocycles. The fourth-order valence-electron chi connectivity index (χ4n) is 2.26. The summed E-state index contributed by atoms with van der Waals surface area (Å²) < 4.78 is 4.52. The Morgan fingerprint density at radius 1 is 1.14 bits per heavy atom. The third-order valence-corrected chi connectivity index (χ3v) is 3.63. The van der Waals surface area contributed by atoms with Crippen molar-refractivity contribution in [2.24, 2.45) is 0 Å². The van der Waals surface area contributed by atoms with E-state index in [4.69, 9.17) is 12.2 Å². The molecule has 0 saturated heterocycles.